The van der Waals surface area contributed by atoms with Crippen molar-refractivity contribution >= 4 is 23.6 Å². The highest BCUT2D eigenvalue weighted by atomic mass is 32.2. The first-order chi connectivity index (χ1) is 12.5. The van der Waals surface area contributed by atoms with E-state index in [0.29, 0.717) is 42.5 Å². The van der Waals surface area contributed by atoms with Crippen molar-refractivity contribution in [3.63, 3.8) is 0 Å². The molecule has 0 saturated carbocycles. The number of nitrogens with one attached hydrogen (secondary N) is 1. The SMILES string of the molecule is CC(Sc1n[nH]c(-c2ccccc2F)n1)C(=O)N1CCC(C(N)=O)CC1. The van der Waals surface area contributed by atoms with Gasteiger partial charge in [-0.15, -0.1) is 5.10 Å². The maximum absolute atomic E-state index is 13.8. The summed E-state index contributed by atoms with van der Waals surface area (Å²) in [4.78, 5) is 29.8. The number of nitrogens with zero attached hydrogens (tertiary/aromatic N) is 3. The molecule has 1 saturated heterocycles. The van der Waals surface area contributed by atoms with Gasteiger partial charge in [0.05, 0.1) is 10.8 Å². The summed E-state index contributed by atoms with van der Waals surface area (Å²) in [6, 6.07) is 6.29. The highest BCUT2D eigenvalue weighted by Gasteiger charge is 2.29. The molecule has 0 aliphatic carbocycles. The quantitative estimate of drug-likeness (QED) is 0.773. The molecular weight excluding hydrogens is 357 g/mol. The number of primary amides is 1. The minimum absolute atomic E-state index is 0.0323. The molecule has 1 unspecified atom stereocenters. The Kier molecular flexibility index (Phi) is 5.55. The smallest absolute Gasteiger partial charge is 0.235 e. The van der Waals surface area contributed by atoms with Crippen molar-refractivity contribution in [1.82, 2.24) is 20.1 Å². The van der Waals surface area contributed by atoms with Gasteiger partial charge >= 0.3 is 0 Å². The molecule has 2 amide bonds. The summed E-state index contributed by atoms with van der Waals surface area (Å²) in [6.07, 6.45) is 1.19. The van der Waals surface area contributed by atoms with E-state index in [9.17, 15) is 14.0 Å². The maximum Gasteiger partial charge on any atom is 0.235 e. The first-order valence-corrected chi connectivity index (χ1v) is 9.25. The third-order valence-corrected chi connectivity index (χ3v) is 5.38. The number of nitrogens with two attached hydrogens (primary N) is 1. The molecule has 1 fully saturated rings. The number of aromatic amines is 1. The maximum atomic E-state index is 13.8. The number of hydrogen-bond acceptors (Lipinski definition) is 5. The molecule has 7 nitrogen and oxygen atoms in total. The molecule has 0 bridgehead atoms. The fraction of sp³-hybridized carbons (Fsp3) is 0.412. The number of benzene rings is 1. The number of carbonyl (C=O) groups is 2. The number of halogens is 1. The summed E-state index contributed by atoms with van der Waals surface area (Å²) in [5.74, 6) is -0.552. The van der Waals surface area contributed by atoms with Crippen LogP contribution in [0.25, 0.3) is 11.4 Å². The second-order valence-corrected chi connectivity index (χ2v) is 7.52. The van der Waals surface area contributed by atoms with E-state index in [0.717, 1.165) is 0 Å². The number of aromatic nitrogens is 3. The van der Waals surface area contributed by atoms with Crippen molar-refractivity contribution in [1.29, 1.82) is 0 Å². The van der Waals surface area contributed by atoms with Gasteiger partial charge in [0.2, 0.25) is 17.0 Å². The lowest BCUT2D eigenvalue weighted by atomic mass is 9.96. The number of hydrogen-bond donors (Lipinski definition) is 2. The first kappa shape index (κ1) is 18.4. The van der Waals surface area contributed by atoms with Gasteiger partial charge in [-0.2, -0.15) is 0 Å². The molecule has 1 aromatic heterocycles. The van der Waals surface area contributed by atoms with Crippen LogP contribution in [0.5, 0.6) is 0 Å². The average Bonchev–Trinajstić information content (AvgIpc) is 3.09. The van der Waals surface area contributed by atoms with Crippen LogP contribution in [0.3, 0.4) is 0 Å². The molecule has 1 aromatic carbocycles. The molecule has 1 atom stereocenters. The van der Waals surface area contributed by atoms with Crippen LogP contribution in [-0.2, 0) is 9.59 Å². The van der Waals surface area contributed by atoms with Crippen molar-refractivity contribution in [3.8, 4) is 11.4 Å². The lowest BCUT2D eigenvalue weighted by Gasteiger charge is -2.32. The second kappa shape index (κ2) is 7.86. The molecule has 1 aliphatic rings. The van der Waals surface area contributed by atoms with E-state index < -0.39 is 0 Å². The normalized spacial score (nSPS) is 16.5. The molecule has 3 N–H and O–H groups in total. The Morgan fingerprint density at radius 3 is 2.69 bits per heavy atom. The van der Waals surface area contributed by atoms with Crippen LogP contribution in [0.1, 0.15) is 19.8 Å². The molecule has 0 radical (unpaired) electrons. The first-order valence-electron chi connectivity index (χ1n) is 8.37. The summed E-state index contributed by atoms with van der Waals surface area (Å²) >= 11 is 1.22. The summed E-state index contributed by atoms with van der Waals surface area (Å²) in [5.41, 5.74) is 5.65. The van der Waals surface area contributed by atoms with Gasteiger partial charge in [-0.1, -0.05) is 23.9 Å². The van der Waals surface area contributed by atoms with Crippen molar-refractivity contribution in [2.45, 2.75) is 30.2 Å². The summed E-state index contributed by atoms with van der Waals surface area (Å²) in [6.45, 7) is 2.82. The van der Waals surface area contributed by atoms with Crippen molar-refractivity contribution in [3.05, 3.63) is 30.1 Å². The summed E-state index contributed by atoms with van der Waals surface area (Å²) in [7, 11) is 0. The largest absolute Gasteiger partial charge is 0.369 e. The Morgan fingerprint density at radius 1 is 1.35 bits per heavy atom. The zero-order chi connectivity index (χ0) is 18.7. The third kappa shape index (κ3) is 4.04. The monoisotopic (exact) mass is 377 g/mol. The number of thioether (sulfide) groups is 1. The number of likely N-dealkylation sites (tertiary alicyclic amines) is 1. The van der Waals surface area contributed by atoms with Gasteiger partial charge in [0.15, 0.2) is 5.82 Å². The van der Waals surface area contributed by atoms with Crippen molar-refractivity contribution in [2.75, 3.05) is 13.1 Å². The molecule has 0 spiro atoms. The molecular formula is C17H20FN5O2S. The van der Waals surface area contributed by atoms with E-state index in [1.54, 1.807) is 30.0 Å². The van der Waals surface area contributed by atoms with E-state index in [1.807, 2.05) is 0 Å². The molecule has 138 valence electrons. The minimum Gasteiger partial charge on any atom is -0.369 e. The van der Waals surface area contributed by atoms with Crippen LogP contribution in [-0.4, -0.2) is 50.2 Å². The Bertz CT molecular complexity index is 804. The van der Waals surface area contributed by atoms with E-state index in [-0.39, 0.29) is 28.8 Å². The number of carbonyl (C=O) groups excluding carboxylic acids is 2. The predicted octanol–water partition coefficient (Wildman–Crippen LogP) is 1.82. The molecule has 3 rings (SSSR count). The lowest BCUT2D eigenvalue weighted by Crippen LogP contribution is -2.44. The third-order valence-electron chi connectivity index (χ3n) is 4.43. The fourth-order valence-electron chi connectivity index (χ4n) is 2.92. The molecule has 2 heterocycles. The fourth-order valence-corrected chi connectivity index (χ4v) is 3.73. The predicted molar refractivity (Wildman–Crippen MR) is 95.6 cm³/mol. The molecule has 9 heteroatoms. The van der Waals surface area contributed by atoms with Crippen LogP contribution in [0.4, 0.5) is 4.39 Å². The lowest BCUT2D eigenvalue weighted by molar-refractivity contribution is -0.134. The molecule has 26 heavy (non-hydrogen) atoms. The zero-order valence-electron chi connectivity index (χ0n) is 14.3. The Morgan fingerprint density at radius 2 is 2.04 bits per heavy atom. The van der Waals surface area contributed by atoms with Gasteiger partial charge in [-0.25, -0.2) is 9.37 Å². The summed E-state index contributed by atoms with van der Waals surface area (Å²) in [5, 5.41) is 6.77. The van der Waals surface area contributed by atoms with Crippen LogP contribution in [0.15, 0.2) is 29.4 Å². The number of H-pyrrole nitrogens is 1. The van der Waals surface area contributed by atoms with E-state index in [1.165, 1.54) is 17.8 Å². The van der Waals surface area contributed by atoms with E-state index in [2.05, 4.69) is 15.2 Å². The van der Waals surface area contributed by atoms with Crippen LogP contribution < -0.4 is 5.73 Å². The van der Waals surface area contributed by atoms with Crippen LogP contribution in [0, 0.1) is 11.7 Å². The van der Waals surface area contributed by atoms with E-state index >= 15 is 0 Å². The van der Waals surface area contributed by atoms with E-state index in [4.69, 9.17) is 5.73 Å². The Hall–Kier alpha value is -2.42. The number of piperidine rings is 1. The standard InChI is InChI=1S/C17H20FN5O2S/c1-10(16(25)23-8-6-11(7-9-23)14(19)24)26-17-20-15(21-22-17)12-4-2-3-5-13(12)18/h2-5,10-11H,6-9H2,1H3,(H2,19,24)(H,20,21,22). The Labute approximate surface area is 154 Å². The molecule has 2 aromatic rings. The average molecular weight is 377 g/mol. The highest BCUT2D eigenvalue weighted by molar-refractivity contribution is 8.00. The van der Waals surface area contributed by atoms with Gasteiger partial charge in [0.25, 0.3) is 0 Å². The topological polar surface area (TPSA) is 105 Å². The number of rotatable bonds is 5. The second-order valence-electron chi connectivity index (χ2n) is 6.21. The van der Waals surface area contributed by atoms with Crippen LogP contribution in [0.2, 0.25) is 0 Å². The molecule has 1 aliphatic heterocycles. The minimum atomic E-state index is -0.387. The Balaban J connectivity index is 1.60. The van der Waals surface area contributed by atoms with Gasteiger partial charge in [0, 0.05) is 19.0 Å². The number of amides is 2. The summed E-state index contributed by atoms with van der Waals surface area (Å²) < 4.78 is 13.8. The van der Waals surface area contributed by atoms with Gasteiger partial charge in [0.1, 0.15) is 5.82 Å². The van der Waals surface area contributed by atoms with Crippen molar-refractivity contribution in [2.24, 2.45) is 11.7 Å². The highest BCUT2D eigenvalue weighted by Crippen LogP contribution is 2.26. The van der Waals surface area contributed by atoms with Crippen LogP contribution >= 0.6 is 11.8 Å². The van der Waals surface area contributed by atoms with Gasteiger partial charge < -0.3 is 10.6 Å². The van der Waals surface area contributed by atoms with Gasteiger partial charge in [-0.3, -0.25) is 14.7 Å². The zero-order valence-corrected chi connectivity index (χ0v) is 15.1. The van der Waals surface area contributed by atoms with Gasteiger partial charge in [-0.05, 0) is 31.9 Å². The van der Waals surface area contributed by atoms with Crippen molar-refractivity contribution < 1.29 is 14.0 Å².